The van der Waals surface area contributed by atoms with Crippen LogP contribution in [0.25, 0.3) is 0 Å². The van der Waals surface area contributed by atoms with E-state index >= 15 is 0 Å². The number of carbonyl (C=O) groups is 4. The van der Waals surface area contributed by atoms with Gasteiger partial charge in [0, 0.05) is 17.5 Å². The van der Waals surface area contributed by atoms with E-state index in [2.05, 4.69) is 16.1 Å². The summed E-state index contributed by atoms with van der Waals surface area (Å²) in [6.07, 6.45) is 4.74. The number of rotatable bonds is 8. The zero-order valence-corrected chi connectivity index (χ0v) is 19.2. The van der Waals surface area contributed by atoms with E-state index < -0.39 is 46.0 Å². The van der Waals surface area contributed by atoms with Crippen LogP contribution in [0.3, 0.4) is 0 Å². The summed E-state index contributed by atoms with van der Waals surface area (Å²) in [7, 11) is 0. The number of hydrogen-bond acceptors (Lipinski definition) is 7. The Hall–Kier alpha value is -3.05. The van der Waals surface area contributed by atoms with Gasteiger partial charge in [-0.15, -0.1) is 11.8 Å². The Morgan fingerprint density at radius 3 is 2.61 bits per heavy atom. The number of hydrazine groups is 1. The molecule has 4 N–H and O–H groups in total. The van der Waals surface area contributed by atoms with Crippen molar-refractivity contribution in [1.82, 2.24) is 26.0 Å². The quantitative estimate of drug-likeness (QED) is 0.394. The van der Waals surface area contributed by atoms with Gasteiger partial charge >= 0.3 is 5.97 Å². The predicted octanol–water partition coefficient (Wildman–Crippen LogP) is 0.200. The second kappa shape index (κ2) is 9.06. The van der Waals surface area contributed by atoms with Crippen LogP contribution in [-0.2, 0) is 19.2 Å². The van der Waals surface area contributed by atoms with E-state index in [4.69, 9.17) is 0 Å². The fourth-order valence-electron chi connectivity index (χ4n) is 4.33. The molecule has 1 aromatic carbocycles. The molecule has 3 heterocycles. The SMILES string of the molecule is CC1(C)S[C@@H]2C(NC(=O)C(NC(=O)CNN3C=CCC3)c3ccccc3)C(=O)N2[C@H]1C(=O)O. The van der Waals surface area contributed by atoms with Crippen LogP contribution in [0.15, 0.2) is 42.6 Å². The first kappa shape index (κ1) is 23.1. The molecule has 3 aliphatic rings. The molecule has 2 unspecified atom stereocenters. The lowest BCUT2D eigenvalue weighted by atomic mass is 9.95. The van der Waals surface area contributed by atoms with Crippen LogP contribution in [0.5, 0.6) is 0 Å². The number of amides is 3. The second-order valence-electron chi connectivity index (χ2n) is 8.70. The van der Waals surface area contributed by atoms with E-state index in [1.807, 2.05) is 12.3 Å². The third-order valence-electron chi connectivity index (χ3n) is 5.94. The van der Waals surface area contributed by atoms with Gasteiger partial charge in [0.1, 0.15) is 23.5 Å². The van der Waals surface area contributed by atoms with E-state index in [1.54, 1.807) is 49.2 Å². The fraction of sp³-hybridized carbons (Fsp3) is 0.455. The van der Waals surface area contributed by atoms with E-state index in [1.165, 1.54) is 16.7 Å². The van der Waals surface area contributed by atoms with E-state index in [0.717, 1.165) is 13.0 Å². The van der Waals surface area contributed by atoms with Crippen LogP contribution in [-0.4, -0.2) is 74.0 Å². The molecule has 33 heavy (non-hydrogen) atoms. The van der Waals surface area contributed by atoms with Gasteiger partial charge in [-0.3, -0.25) is 14.4 Å². The van der Waals surface area contributed by atoms with Crippen LogP contribution >= 0.6 is 11.8 Å². The molecule has 2 fully saturated rings. The summed E-state index contributed by atoms with van der Waals surface area (Å²) in [5.41, 5.74) is 3.56. The molecule has 2 saturated heterocycles. The van der Waals surface area contributed by atoms with Gasteiger partial charge < -0.3 is 25.6 Å². The van der Waals surface area contributed by atoms with Crippen molar-refractivity contribution in [1.29, 1.82) is 0 Å². The van der Waals surface area contributed by atoms with Gasteiger partial charge in [-0.1, -0.05) is 36.4 Å². The molecule has 0 aliphatic carbocycles. The average molecular weight is 474 g/mol. The Bertz CT molecular complexity index is 985. The third kappa shape index (κ3) is 4.55. The number of aliphatic carboxylic acids is 1. The number of carboxylic acid groups (broad SMARTS) is 1. The van der Waals surface area contributed by atoms with Crippen LogP contribution in [0.4, 0.5) is 0 Å². The Balaban J connectivity index is 1.44. The maximum absolute atomic E-state index is 13.2. The number of nitrogens with one attached hydrogen (secondary N) is 3. The maximum atomic E-state index is 13.2. The Morgan fingerprint density at radius 2 is 1.97 bits per heavy atom. The van der Waals surface area contributed by atoms with Crippen molar-refractivity contribution in [3.8, 4) is 0 Å². The summed E-state index contributed by atoms with van der Waals surface area (Å²) in [6, 6.07) is 5.99. The molecule has 0 aromatic heterocycles. The van der Waals surface area contributed by atoms with Crippen LogP contribution < -0.4 is 16.1 Å². The summed E-state index contributed by atoms with van der Waals surface area (Å²) in [5, 5.41) is 16.4. The number of carboxylic acids is 1. The van der Waals surface area contributed by atoms with Crippen molar-refractivity contribution in [2.24, 2.45) is 0 Å². The van der Waals surface area contributed by atoms with E-state index in [-0.39, 0.29) is 12.5 Å². The Kier molecular flexibility index (Phi) is 6.35. The summed E-state index contributed by atoms with van der Waals surface area (Å²) in [4.78, 5) is 51.5. The van der Waals surface area contributed by atoms with Gasteiger partial charge in [-0.05, 0) is 25.8 Å². The summed E-state index contributed by atoms with van der Waals surface area (Å²) in [6.45, 7) is 4.31. The van der Waals surface area contributed by atoms with Crippen molar-refractivity contribution in [3.63, 3.8) is 0 Å². The lowest BCUT2D eigenvalue weighted by molar-refractivity contribution is -0.161. The van der Waals surface area contributed by atoms with Crippen molar-refractivity contribution in [2.45, 2.75) is 48.5 Å². The predicted molar refractivity (Wildman–Crippen MR) is 121 cm³/mol. The topological polar surface area (TPSA) is 131 Å². The highest BCUT2D eigenvalue weighted by molar-refractivity contribution is 8.01. The summed E-state index contributed by atoms with van der Waals surface area (Å²) in [5.74, 6) is -2.39. The maximum Gasteiger partial charge on any atom is 0.327 e. The normalized spacial score (nSPS) is 25.9. The zero-order chi connectivity index (χ0) is 23.8. The molecule has 0 spiro atoms. The zero-order valence-electron chi connectivity index (χ0n) is 18.4. The first-order chi connectivity index (χ1) is 15.7. The minimum absolute atomic E-state index is 0.00987. The number of nitrogens with zero attached hydrogens (tertiary/aromatic N) is 2. The lowest BCUT2D eigenvalue weighted by Gasteiger charge is -2.44. The van der Waals surface area contributed by atoms with Gasteiger partial charge in [0.05, 0.1) is 6.54 Å². The van der Waals surface area contributed by atoms with Gasteiger partial charge in [0.15, 0.2) is 0 Å². The molecule has 4 rings (SSSR count). The Labute approximate surface area is 195 Å². The number of hydrogen-bond donors (Lipinski definition) is 4. The number of benzene rings is 1. The first-order valence-electron chi connectivity index (χ1n) is 10.7. The van der Waals surface area contributed by atoms with Gasteiger partial charge in [-0.2, -0.15) is 0 Å². The van der Waals surface area contributed by atoms with Crippen molar-refractivity contribution in [3.05, 3.63) is 48.2 Å². The van der Waals surface area contributed by atoms with Crippen LogP contribution in [0.1, 0.15) is 31.9 Å². The molecular formula is C22H27N5O5S. The lowest BCUT2D eigenvalue weighted by Crippen LogP contribution is -2.71. The summed E-state index contributed by atoms with van der Waals surface area (Å²) < 4.78 is -0.686. The van der Waals surface area contributed by atoms with Gasteiger partial charge in [-0.25, -0.2) is 10.2 Å². The smallest absolute Gasteiger partial charge is 0.327 e. The van der Waals surface area contributed by atoms with E-state index in [0.29, 0.717) is 5.56 Å². The molecular weight excluding hydrogens is 446 g/mol. The van der Waals surface area contributed by atoms with Crippen molar-refractivity contribution in [2.75, 3.05) is 13.1 Å². The van der Waals surface area contributed by atoms with Crippen LogP contribution in [0.2, 0.25) is 0 Å². The molecule has 3 amide bonds. The first-order valence-corrected chi connectivity index (χ1v) is 11.6. The standard InChI is InChI=1S/C22H27N5O5S/c1-22(2)17(21(31)32)27-19(30)16(20(27)33-22)25-18(29)15(13-8-4-3-5-9-13)24-14(28)12-23-26-10-6-7-11-26/h3-6,8-10,15-17,20,23H,7,11-12H2,1-2H3,(H,24,28)(H,25,29)(H,31,32)/t15?,16?,17-,20+/m0/s1. The van der Waals surface area contributed by atoms with Gasteiger partial charge in [0.2, 0.25) is 17.7 Å². The molecule has 11 heteroatoms. The van der Waals surface area contributed by atoms with E-state index in [9.17, 15) is 24.3 Å². The van der Waals surface area contributed by atoms with Gasteiger partial charge in [0.25, 0.3) is 0 Å². The average Bonchev–Trinajstić information content (AvgIpc) is 3.38. The molecule has 1 aromatic rings. The number of thioether (sulfide) groups is 1. The number of fused-ring (bicyclic) bond motifs is 1. The molecule has 0 saturated carbocycles. The highest BCUT2D eigenvalue weighted by Crippen LogP contribution is 2.50. The molecule has 10 nitrogen and oxygen atoms in total. The Morgan fingerprint density at radius 1 is 1.24 bits per heavy atom. The third-order valence-corrected chi connectivity index (χ3v) is 7.51. The fourth-order valence-corrected chi connectivity index (χ4v) is 5.96. The second-order valence-corrected chi connectivity index (χ2v) is 10.5. The highest BCUT2D eigenvalue weighted by Gasteiger charge is 2.64. The molecule has 0 bridgehead atoms. The summed E-state index contributed by atoms with van der Waals surface area (Å²) >= 11 is 1.35. The van der Waals surface area contributed by atoms with Crippen LogP contribution in [0, 0.1) is 0 Å². The molecule has 4 atom stereocenters. The van der Waals surface area contributed by atoms with Crippen molar-refractivity contribution >= 4 is 35.5 Å². The molecule has 0 radical (unpaired) electrons. The number of β-lactam (4-membered cyclic amide) rings is 1. The number of carbonyl (C=O) groups excluding carboxylic acids is 3. The monoisotopic (exact) mass is 473 g/mol. The minimum atomic E-state index is -1.07. The highest BCUT2D eigenvalue weighted by atomic mass is 32.2. The minimum Gasteiger partial charge on any atom is -0.480 e. The largest absolute Gasteiger partial charge is 0.480 e. The molecule has 3 aliphatic heterocycles. The molecule has 176 valence electrons. The van der Waals surface area contributed by atoms with Crippen molar-refractivity contribution < 1.29 is 24.3 Å².